The number of thioether (sulfide) groups is 1. The third-order valence-corrected chi connectivity index (χ3v) is 5.62. The predicted molar refractivity (Wildman–Crippen MR) is 83.7 cm³/mol. The molecular formula is C14H13N3S2. The number of anilines is 1. The van der Waals surface area contributed by atoms with Crippen molar-refractivity contribution in [1.29, 1.82) is 0 Å². The minimum absolute atomic E-state index is 0.768. The highest BCUT2D eigenvalue weighted by Crippen LogP contribution is 2.36. The van der Waals surface area contributed by atoms with Crippen molar-refractivity contribution in [2.24, 2.45) is 0 Å². The number of aromatic nitrogens is 2. The van der Waals surface area contributed by atoms with Gasteiger partial charge in [0.1, 0.15) is 5.82 Å². The molecular weight excluding hydrogens is 274 g/mol. The van der Waals surface area contributed by atoms with Crippen LogP contribution < -0.4 is 5.73 Å². The number of H-pyrrole nitrogens is 1. The average Bonchev–Trinajstić information content (AvgIpc) is 3.00. The molecule has 3 N–H and O–H groups in total. The first-order chi connectivity index (χ1) is 9.29. The standard InChI is InChI=1S/C14H13N3S2/c15-9-1-2-10-11(6-9)17-14(16-10)13-5-8-7-18-4-3-12(8)19-13/h1-2,5-6H,3-4,7,15H2,(H,16,17). The zero-order valence-electron chi connectivity index (χ0n) is 10.3. The van der Waals surface area contributed by atoms with Crippen LogP contribution in [0.3, 0.4) is 0 Å². The maximum Gasteiger partial charge on any atom is 0.148 e. The molecule has 0 saturated heterocycles. The first-order valence-corrected chi connectivity index (χ1v) is 8.22. The molecule has 0 amide bonds. The molecule has 0 aliphatic carbocycles. The highest BCUT2D eigenvalue weighted by Gasteiger charge is 2.16. The van der Waals surface area contributed by atoms with Crippen molar-refractivity contribution in [3.8, 4) is 10.7 Å². The van der Waals surface area contributed by atoms with Crippen molar-refractivity contribution in [2.75, 3.05) is 11.5 Å². The summed E-state index contributed by atoms with van der Waals surface area (Å²) in [4.78, 5) is 10.8. The van der Waals surface area contributed by atoms with E-state index in [9.17, 15) is 0 Å². The Kier molecular flexibility index (Phi) is 2.56. The molecule has 1 aliphatic heterocycles. The van der Waals surface area contributed by atoms with E-state index in [0.717, 1.165) is 28.3 Å². The Morgan fingerprint density at radius 2 is 2.21 bits per heavy atom. The molecule has 5 heteroatoms. The second kappa shape index (κ2) is 4.28. The second-order valence-corrected chi connectivity index (χ2v) is 6.97. The van der Waals surface area contributed by atoms with Gasteiger partial charge in [-0.25, -0.2) is 4.98 Å². The lowest BCUT2D eigenvalue weighted by atomic mass is 10.2. The SMILES string of the molecule is Nc1ccc2nc(-c3cc4c(s3)CCSC4)[nH]c2c1. The van der Waals surface area contributed by atoms with Crippen molar-refractivity contribution in [2.45, 2.75) is 12.2 Å². The van der Waals surface area contributed by atoms with E-state index in [4.69, 9.17) is 5.73 Å². The molecule has 19 heavy (non-hydrogen) atoms. The first kappa shape index (κ1) is 11.4. The number of nitrogens with two attached hydrogens (primary N) is 1. The number of hydrogen-bond donors (Lipinski definition) is 2. The van der Waals surface area contributed by atoms with E-state index >= 15 is 0 Å². The molecule has 96 valence electrons. The smallest absolute Gasteiger partial charge is 0.148 e. The number of nitrogen functional groups attached to an aromatic ring is 1. The van der Waals surface area contributed by atoms with Gasteiger partial charge in [-0.3, -0.25) is 0 Å². The van der Waals surface area contributed by atoms with E-state index in [-0.39, 0.29) is 0 Å². The molecule has 3 aromatic rings. The minimum Gasteiger partial charge on any atom is -0.399 e. The van der Waals surface area contributed by atoms with E-state index in [1.54, 1.807) is 0 Å². The zero-order valence-corrected chi connectivity index (χ0v) is 11.9. The number of hydrogen-bond acceptors (Lipinski definition) is 4. The van der Waals surface area contributed by atoms with Crippen LogP contribution in [0.15, 0.2) is 24.3 Å². The summed E-state index contributed by atoms with van der Waals surface area (Å²) in [5.41, 5.74) is 10.0. The summed E-state index contributed by atoms with van der Waals surface area (Å²) in [6, 6.07) is 8.08. The zero-order chi connectivity index (χ0) is 12.8. The van der Waals surface area contributed by atoms with Gasteiger partial charge in [-0.2, -0.15) is 11.8 Å². The number of thiophene rings is 1. The van der Waals surface area contributed by atoms with Gasteiger partial charge in [-0.05, 0) is 42.0 Å². The summed E-state index contributed by atoms with van der Waals surface area (Å²) in [7, 11) is 0. The number of benzene rings is 1. The third kappa shape index (κ3) is 1.93. The molecule has 3 heterocycles. The Bertz CT molecular complexity index is 734. The van der Waals surface area contributed by atoms with E-state index in [0.29, 0.717) is 0 Å². The summed E-state index contributed by atoms with van der Waals surface area (Å²) in [5.74, 6) is 3.34. The highest BCUT2D eigenvalue weighted by atomic mass is 32.2. The van der Waals surface area contributed by atoms with Gasteiger partial charge in [0.2, 0.25) is 0 Å². The summed E-state index contributed by atoms with van der Waals surface area (Å²) in [6.45, 7) is 0. The van der Waals surface area contributed by atoms with Gasteiger partial charge in [0.25, 0.3) is 0 Å². The van der Waals surface area contributed by atoms with Gasteiger partial charge in [-0.15, -0.1) is 11.3 Å². The third-order valence-electron chi connectivity index (χ3n) is 3.37. The summed E-state index contributed by atoms with van der Waals surface area (Å²) in [5, 5.41) is 0. The number of nitrogens with one attached hydrogen (secondary N) is 1. The molecule has 0 radical (unpaired) electrons. The quantitative estimate of drug-likeness (QED) is 0.672. The highest BCUT2D eigenvalue weighted by molar-refractivity contribution is 7.98. The Morgan fingerprint density at radius 3 is 3.11 bits per heavy atom. The van der Waals surface area contributed by atoms with Gasteiger partial charge in [0, 0.05) is 16.3 Å². The molecule has 2 aromatic heterocycles. The van der Waals surface area contributed by atoms with Crippen LogP contribution >= 0.6 is 23.1 Å². The molecule has 1 aliphatic rings. The van der Waals surface area contributed by atoms with Crippen LogP contribution in [0.25, 0.3) is 21.7 Å². The number of fused-ring (bicyclic) bond motifs is 2. The molecule has 0 atom stereocenters. The number of aromatic amines is 1. The lowest BCUT2D eigenvalue weighted by molar-refractivity contribution is 1.13. The monoisotopic (exact) mass is 287 g/mol. The van der Waals surface area contributed by atoms with E-state index < -0.39 is 0 Å². The Labute approximate surface area is 119 Å². The molecule has 0 saturated carbocycles. The Hall–Kier alpha value is -1.46. The molecule has 1 aromatic carbocycles. The fraction of sp³-hybridized carbons (Fsp3) is 0.214. The molecule has 0 bridgehead atoms. The minimum atomic E-state index is 0.768. The number of aryl methyl sites for hydroxylation is 1. The summed E-state index contributed by atoms with van der Waals surface area (Å²) >= 11 is 3.88. The lowest BCUT2D eigenvalue weighted by Crippen LogP contribution is -1.96. The summed E-state index contributed by atoms with van der Waals surface area (Å²) in [6.07, 6.45) is 1.19. The first-order valence-electron chi connectivity index (χ1n) is 6.24. The largest absolute Gasteiger partial charge is 0.399 e. The molecule has 4 rings (SSSR count). The van der Waals surface area contributed by atoms with Gasteiger partial charge in [0.05, 0.1) is 15.9 Å². The van der Waals surface area contributed by atoms with Crippen molar-refractivity contribution in [3.05, 3.63) is 34.7 Å². The van der Waals surface area contributed by atoms with Crippen LogP contribution in [-0.4, -0.2) is 15.7 Å². The van der Waals surface area contributed by atoms with Crippen LogP contribution in [0, 0.1) is 0 Å². The average molecular weight is 287 g/mol. The fourth-order valence-electron chi connectivity index (χ4n) is 2.41. The fourth-order valence-corrected chi connectivity index (χ4v) is 4.73. The van der Waals surface area contributed by atoms with Gasteiger partial charge < -0.3 is 10.7 Å². The Morgan fingerprint density at radius 1 is 1.26 bits per heavy atom. The van der Waals surface area contributed by atoms with Crippen LogP contribution in [-0.2, 0) is 12.2 Å². The van der Waals surface area contributed by atoms with Gasteiger partial charge in [0.15, 0.2) is 0 Å². The Balaban J connectivity index is 1.83. The van der Waals surface area contributed by atoms with Crippen molar-refractivity contribution >= 4 is 39.8 Å². The topological polar surface area (TPSA) is 54.7 Å². The van der Waals surface area contributed by atoms with E-state index in [1.807, 2.05) is 41.3 Å². The molecule has 0 unspecified atom stereocenters. The van der Waals surface area contributed by atoms with E-state index in [1.165, 1.54) is 27.5 Å². The predicted octanol–water partition coefficient (Wildman–Crippen LogP) is 3.66. The number of nitrogens with zero attached hydrogens (tertiary/aromatic N) is 1. The van der Waals surface area contributed by atoms with Gasteiger partial charge in [-0.1, -0.05) is 0 Å². The van der Waals surface area contributed by atoms with Crippen molar-refractivity contribution in [1.82, 2.24) is 9.97 Å². The molecule has 0 spiro atoms. The molecule has 3 nitrogen and oxygen atoms in total. The normalized spacial score (nSPS) is 14.7. The number of rotatable bonds is 1. The van der Waals surface area contributed by atoms with Crippen LogP contribution in [0.2, 0.25) is 0 Å². The lowest BCUT2D eigenvalue weighted by Gasteiger charge is -2.08. The van der Waals surface area contributed by atoms with Crippen LogP contribution in [0.5, 0.6) is 0 Å². The van der Waals surface area contributed by atoms with Gasteiger partial charge >= 0.3 is 0 Å². The summed E-state index contributed by atoms with van der Waals surface area (Å²) < 4.78 is 0. The molecule has 0 fully saturated rings. The van der Waals surface area contributed by atoms with Crippen molar-refractivity contribution in [3.63, 3.8) is 0 Å². The van der Waals surface area contributed by atoms with Crippen LogP contribution in [0.1, 0.15) is 10.4 Å². The van der Waals surface area contributed by atoms with Crippen molar-refractivity contribution < 1.29 is 0 Å². The van der Waals surface area contributed by atoms with Crippen LogP contribution in [0.4, 0.5) is 5.69 Å². The maximum absolute atomic E-state index is 5.80. The number of imidazole rings is 1. The second-order valence-electron chi connectivity index (χ2n) is 4.72. The maximum atomic E-state index is 5.80. The van der Waals surface area contributed by atoms with E-state index in [2.05, 4.69) is 16.0 Å².